The first-order valence-corrected chi connectivity index (χ1v) is 14.3. The van der Waals surface area contributed by atoms with Gasteiger partial charge < -0.3 is 19.5 Å². The van der Waals surface area contributed by atoms with Crippen LogP contribution in [0.15, 0.2) is 42.6 Å². The number of carbonyl (C=O) groups is 2. The maximum absolute atomic E-state index is 14.5. The van der Waals surface area contributed by atoms with E-state index in [1.165, 1.54) is 0 Å². The fraction of sp³-hybridized carbons (Fsp3) is 0.394. The zero-order valence-electron chi connectivity index (χ0n) is 25.3. The lowest BCUT2D eigenvalue weighted by Crippen LogP contribution is -2.61. The fourth-order valence-electron chi connectivity index (χ4n) is 5.97. The zero-order chi connectivity index (χ0) is 30.5. The summed E-state index contributed by atoms with van der Waals surface area (Å²) in [6, 6.07) is 10.7. The summed E-state index contributed by atoms with van der Waals surface area (Å²) in [6.07, 6.45) is 2.01. The highest BCUT2D eigenvalue weighted by molar-refractivity contribution is 5.99. The predicted molar refractivity (Wildman–Crippen MR) is 163 cm³/mol. The number of rotatable bonds is 6. The van der Waals surface area contributed by atoms with E-state index in [1.807, 2.05) is 37.1 Å². The minimum atomic E-state index is -0.984. The summed E-state index contributed by atoms with van der Waals surface area (Å²) in [5.41, 5.74) is 4.16. The van der Waals surface area contributed by atoms with E-state index in [4.69, 9.17) is 4.98 Å². The van der Waals surface area contributed by atoms with Crippen LogP contribution in [0.25, 0.3) is 22.2 Å². The second kappa shape index (κ2) is 10.9. The Bertz CT molecular complexity index is 1680. The van der Waals surface area contributed by atoms with Gasteiger partial charge in [0.25, 0.3) is 5.91 Å². The summed E-state index contributed by atoms with van der Waals surface area (Å²) in [5, 5.41) is 10.4. The summed E-state index contributed by atoms with van der Waals surface area (Å²) >= 11 is 0. The number of hydrogen-bond donors (Lipinski definition) is 1. The second-order valence-electron chi connectivity index (χ2n) is 12.4. The van der Waals surface area contributed by atoms with E-state index in [2.05, 4.69) is 28.3 Å². The van der Waals surface area contributed by atoms with Gasteiger partial charge in [0.2, 0.25) is 0 Å². The Kier molecular flexibility index (Phi) is 7.55. The molecule has 1 N–H and O–H groups in total. The molecule has 4 heterocycles. The molecule has 9 heteroatoms. The van der Waals surface area contributed by atoms with E-state index in [0.717, 1.165) is 16.5 Å². The minimum Gasteiger partial charge on any atom is -0.478 e. The van der Waals surface area contributed by atoms with Gasteiger partial charge in [0.1, 0.15) is 23.0 Å². The SMILES string of the molecule is Cc1ccc(-c2cn(CC(C)C)c3nc(C(=O)N4CCN(c5cc(C)c(C(=O)O)c(C)n5)CC4(C)C)ccc23)cc1F. The summed E-state index contributed by atoms with van der Waals surface area (Å²) in [6.45, 7) is 15.8. The van der Waals surface area contributed by atoms with Crippen LogP contribution in [0, 0.1) is 32.5 Å². The molecule has 1 amide bonds. The van der Waals surface area contributed by atoms with Gasteiger partial charge in [0, 0.05) is 43.3 Å². The van der Waals surface area contributed by atoms with Gasteiger partial charge in [0.15, 0.2) is 0 Å². The number of aryl methyl sites for hydroxylation is 3. The van der Waals surface area contributed by atoms with Gasteiger partial charge >= 0.3 is 5.97 Å². The predicted octanol–water partition coefficient (Wildman–Crippen LogP) is 6.26. The number of carbonyl (C=O) groups excluding carboxylic acids is 1. The Morgan fingerprint density at radius 3 is 2.38 bits per heavy atom. The maximum Gasteiger partial charge on any atom is 0.337 e. The quantitative estimate of drug-likeness (QED) is 0.294. The molecule has 1 saturated heterocycles. The summed E-state index contributed by atoms with van der Waals surface area (Å²) in [5.74, 6) is -0.329. The van der Waals surface area contributed by atoms with Crippen LogP contribution in [0.3, 0.4) is 0 Å². The third-order valence-corrected chi connectivity index (χ3v) is 8.06. The number of benzene rings is 1. The number of halogens is 1. The highest BCUT2D eigenvalue weighted by Crippen LogP contribution is 2.33. The molecule has 5 rings (SSSR count). The summed E-state index contributed by atoms with van der Waals surface area (Å²) in [4.78, 5) is 39.0. The molecule has 0 saturated carbocycles. The van der Waals surface area contributed by atoms with Crippen molar-refractivity contribution in [1.82, 2.24) is 19.4 Å². The number of carboxylic acid groups (broad SMARTS) is 1. The molecule has 1 aliphatic heterocycles. The Hall–Kier alpha value is -4.27. The molecule has 0 atom stereocenters. The Labute approximate surface area is 245 Å². The van der Waals surface area contributed by atoms with Crippen LogP contribution in [0.4, 0.5) is 10.2 Å². The standard InChI is InChI=1S/C33H38FN5O3/c1-19(2)16-38-17-25(23-9-8-20(3)26(34)15-23)24-10-11-27(36-30(24)38)31(40)39-13-12-37(18-33(39,6)7)28-14-21(4)29(32(41)42)22(5)35-28/h8-11,14-15,17,19H,12-13,16,18H2,1-7H3,(H,41,42). The van der Waals surface area contributed by atoms with Crippen molar-refractivity contribution in [3.63, 3.8) is 0 Å². The van der Waals surface area contributed by atoms with Crippen molar-refractivity contribution in [3.05, 3.63) is 76.5 Å². The van der Waals surface area contributed by atoms with E-state index < -0.39 is 11.5 Å². The number of carboxylic acids is 1. The van der Waals surface area contributed by atoms with Crippen molar-refractivity contribution in [2.45, 2.75) is 60.5 Å². The van der Waals surface area contributed by atoms with Gasteiger partial charge in [-0.2, -0.15) is 0 Å². The fourth-order valence-corrected chi connectivity index (χ4v) is 5.97. The molecule has 0 unspecified atom stereocenters. The topological polar surface area (TPSA) is 91.6 Å². The number of aromatic nitrogens is 3. The Balaban J connectivity index is 1.45. The molecule has 1 aliphatic rings. The normalized spacial score (nSPS) is 15.1. The molecule has 0 radical (unpaired) electrons. The number of piperazine rings is 1. The number of amides is 1. The maximum atomic E-state index is 14.5. The second-order valence-corrected chi connectivity index (χ2v) is 12.4. The highest BCUT2D eigenvalue weighted by Gasteiger charge is 2.38. The molecule has 4 aromatic rings. The molecule has 0 bridgehead atoms. The van der Waals surface area contributed by atoms with Crippen LogP contribution in [0.1, 0.15) is 65.4 Å². The van der Waals surface area contributed by atoms with Crippen molar-refractivity contribution in [3.8, 4) is 11.1 Å². The average molecular weight is 572 g/mol. The molecule has 42 heavy (non-hydrogen) atoms. The first-order valence-electron chi connectivity index (χ1n) is 14.3. The number of hydrogen-bond acceptors (Lipinski definition) is 5. The molecular formula is C33H38FN5O3. The van der Waals surface area contributed by atoms with Crippen LogP contribution in [0.5, 0.6) is 0 Å². The zero-order valence-corrected chi connectivity index (χ0v) is 25.3. The number of aromatic carboxylic acids is 1. The molecule has 0 spiro atoms. The van der Waals surface area contributed by atoms with Crippen molar-refractivity contribution < 1.29 is 19.1 Å². The van der Waals surface area contributed by atoms with Crippen molar-refractivity contribution in [1.29, 1.82) is 0 Å². The van der Waals surface area contributed by atoms with E-state index in [9.17, 15) is 19.1 Å². The monoisotopic (exact) mass is 571 g/mol. The van der Waals surface area contributed by atoms with E-state index in [0.29, 0.717) is 66.1 Å². The van der Waals surface area contributed by atoms with Crippen molar-refractivity contribution >= 4 is 28.7 Å². The Morgan fingerprint density at radius 2 is 1.76 bits per heavy atom. The first-order chi connectivity index (χ1) is 19.8. The van der Waals surface area contributed by atoms with Crippen LogP contribution in [-0.4, -0.2) is 61.6 Å². The van der Waals surface area contributed by atoms with E-state index in [1.54, 1.807) is 45.0 Å². The molecule has 220 valence electrons. The lowest BCUT2D eigenvalue weighted by atomic mass is 9.97. The Morgan fingerprint density at radius 1 is 1.02 bits per heavy atom. The summed E-state index contributed by atoms with van der Waals surface area (Å²) in [7, 11) is 0. The largest absolute Gasteiger partial charge is 0.478 e. The molecule has 1 aromatic carbocycles. The van der Waals surface area contributed by atoms with Gasteiger partial charge in [-0.15, -0.1) is 0 Å². The van der Waals surface area contributed by atoms with Crippen LogP contribution >= 0.6 is 0 Å². The lowest BCUT2D eigenvalue weighted by Gasteiger charge is -2.47. The first kappa shape index (κ1) is 29.2. The minimum absolute atomic E-state index is 0.150. The van der Waals surface area contributed by atoms with Crippen molar-refractivity contribution in [2.75, 3.05) is 24.5 Å². The molecule has 8 nitrogen and oxygen atoms in total. The molecule has 1 fully saturated rings. The highest BCUT2D eigenvalue weighted by atomic mass is 19.1. The van der Waals surface area contributed by atoms with Crippen LogP contribution in [-0.2, 0) is 6.54 Å². The number of anilines is 1. The lowest BCUT2D eigenvalue weighted by molar-refractivity contribution is 0.0507. The molecule has 3 aromatic heterocycles. The van der Waals surface area contributed by atoms with Gasteiger partial charge in [-0.25, -0.2) is 19.2 Å². The van der Waals surface area contributed by atoms with Gasteiger partial charge in [-0.3, -0.25) is 4.79 Å². The molecular weight excluding hydrogens is 533 g/mol. The van der Waals surface area contributed by atoms with E-state index >= 15 is 0 Å². The molecule has 0 aliphatic carbocycles. The third-order valence-electron chi connectivity index (χ3n) is 8.06. The summed E-state index contributed by atoms with van der Waals surface area (Å²) < 4.78 is 16.5. The number of fused-ring (bicyclic) bond motifs is 1. The van der Waals surface area contributed by atoms with Crippen LogP contribution in [0.2, 0.25) is 0 Å². The van der Waals surface area contributed by atoms with Gasteiger partial charge in [-0.1, -0.05) is 26.0 Å². The number of pyridine rings is 2. The van der Waals surface area contributed by atoms with Crippen LogP contribution < -0.4 is 4.90 Å². The van der Waals surface area contributed by atoms with Gasteiger partial charge in [0.05, 0.1) is 16.8 Å². The van der Waals surface area contributed by atoms with Crippen molar-refractivity contribution in [2.24, 2.45) is 5.92 Å². The number of nitrogens with zero attached hydrogens (tertiary/aromatic N) is 5. The van der Waals surface area contributed by atoms with Gasteiger partial charge in [-0.05, 0) is 81.5 Å². The smallest absolute Gasteiger partial charge is 0.337 e. The third kappa shape index (κ3) is 5.35. The average Bonchev–Trinajstić information content (AvgIpc) is 3.25. The van der Waals surface area contributed by atoms with E-state index in [-0.39, 0.29) is 17.3 Å².